The van der Waals surface area contributed by atoms with Crippen LogP contribution in [-0.4, -0.2) is 55.5 Å². The molecule has 3 aliphatic rings. The third-order valence-electron chi connectivity index (χ3n) is 10.9. The lowest BCUT2D eigenvalue weighted by Crippen LogP contribution is -2.63. The molecule has 0 saturated heterocycles. The van der Waals surface area contributed by atoms with Crippen molar-refractivity contribution in [1.82, 2.24) is 14.8 Å². The number of carbonyl (C=O) groups excluding carboxylic acids is 3. The maximum absolute atomic E-state index is 14.3. The number of thioether (sulfide) groups is 1. The predicted octanol–water partition coefficient (Wildman–Crippen LogP) is 5.34. The van der Waals surface area contributed by atoms with Crippen molar-refractivity contribution in [3.8, 4) is 0 Å². The molecule has 8 atom stereocenters. The molecule has 5 rings (SSSR count). The Hall–Kier alpha value is -2.76. The van der Waals surface area contributed by atoms with Crippen molar-refractivity contribution in [3.63, 3.8) is 0 Å². The molecule has 3 N–H and O–H groups in total. The van der Waals surface area contributed by atoms with Gasteiger partial charge in [-0.15, -0.1) is 11.7 Å². The van der Waals surface area contributed by atoms with Crippen LogP contribution in [0.25, 0.3) is 0 Å². The van der Waals surface area contributed by atoms with Crippen LogP contribution in [0.3, 0.4) is 0 Å². The van der Waals surface area contributed by atoms with Gasteiger partial charge in [0.1, 0.15) is 17.7 Å². The minimum Gasteiger partial charge on any atom is -0.461 e. The van der Waals surface area contributed by atoms with Crippen LogP contribution < -0.4 is 5.73 Å². The van der Waals surface area contributed by atoms with Gasteiger partial charge in [0.15, 0.2) is 0 Å². The summed E-state index contributed by atoms with van der Waals surface area (Å²) in [6.07, 6.45) is 3.53. The number of hydrogen-bond donors (Lipinski definition) is 2. The second-order valence-electron chi connectivity index (χ2n) is 12.9. The molecule has 0 spiro atoms. The maximum atomic E-state index is 14.3. The number of aromatic nitrogens is 3. The fraction of sp³-hybridized carbons (Fsp3) is 0.581. The second kappa shape index (κ2) is 11.3. The number of aliphatic hydroxyl groups is 1. The standard InChI is InChI=1S/C31H38ClFN4O5S/c1-6-29(4)14-21(30(5)16(2)10-12-31(17(3)25(29)40)13-11-20(38)24(30)31)42-22(39)15-43-28-35-27(34)37(36-28)26(41)23-18(32)8-7-9-19(23)33/h6-9,16-17,21,24-25,40H,1,10-15H2,2-5H3,(H2,34,35,36)/t16-,17+,21-,24+,25+,29-,30+,31+/m1/s1. The summed E-state index contributed by atoms with van der Waals surface area (Å²) < 4.78 is 21.3. The molecule has 3 saturated carbocycles. The van der Waals surface area contributed by atoms with Crippen LogP contribution in [0.2, 0.25) is 5.02 Å². The highest BCUT2D eigenvalue weighted by Crippen LogP contribution is 2.68. The van der Waals surface area contributed by atoms with Crippen molar-refractivity contribution in [2.75, 3.05) is 11.5 Å². The fourth-order valence-electron chi connectivity index (χ4n) is 8.14. The van der Waals surface area contributed by atoms with Crippen LogP contribution in [0, 0.1) is 39.8 Å². The average molecular weight is 633 g/mol. The first kappa shape index (κ1) is 31.7. The Kier molecular flexibility index (Phi) is 8.32. The molecule has 0 amide bonds. The van der Waals surface area contributed by atoms with E-state index in [4.69, 9.17) is 22.1 Å². The molecule has 2 aromatic rings. The summed E-state index contributed by atoms with van der Waals surface area (Å²) in [4.78, 5) is 43.9. The zero-order chi connectivity index (χ0) is 31.5. The Morgan fingerprint density at radius 3 is 2.72 bits per heavy atom. The lowest BCUT2D eigenvalue weighted by Gasteiger charge is -2.61. The molecular formula is C31H38ClFN4O5S. The van der Waals surface area contributed by atoms with Gasteiger partial charge in [0, 0.05) is 23.2 Å². The van der Waals surface area contributed by atoms with Crippen LogP contribution in [0.1, 0.15) is 70.2 Å². The number of benzene rings is 1. The second-order valence-corrected chi connectivity index (χ2v) is 14.3. The van der Waals surface area contributed by atoms with E-state index in [2.05, 4.69) is 37.4 Å². The van der Waals surface area contributed by atoms with Crippen LogP contribution >= 0.6 is 23.4 Å². The number of Topliss-reactive ketones (excluding diaryl/α,β-unsaturated/α-hetero) is 1. The van der Waals surface area contributed by atoms with E-state index >= 15 is 0 Å². The van der Waals surface area contributed by atoms with Gasteiger partial charge < -0.3 is 15.6 Å². The quantitative estimate of drug-likeness (QED) is 0.245. The molecular weight excluding hydrogens is 595 g/mol. The normalized spacial score (nSPS) is 35.5. The van der Waals surface area contributed by atoms with Gasteiger partial charge in [0.05, 0.1) is 22.4 Å². The van der Waals surface area contributed by atoms with E-state index in [1.807, 2.05) is 6.92 Å². The number of nitrogens with two attached hydrogens (primary N) is 1. The van der Waals surface area contributed by atoms with Gasteiger partial charge in [0.2, 0.25) is 11.1 Å². The molecule has 2 bridgehead atoms. The number of rotatable bonds is 6. The van der Waals surface area contributed by atoms with Gasteiger partial charge >= 0.3 is 5.97 Å². The summed E-state index contributed by atoms with van der Waals surface area (Å²) in [5.41, 5.74) is 3.75. The molecule has 1 aromatic heterocycles. The smallest absolute Gasteiger partial charge is 0.316 e. The van der Waals surface area contributed by atoms with Crippen molar-refractivity contribution in [2.24, 2.45) is 34.0 Å². The molecule has 232 valence electrons. The van der Waals surface area contributed by atoms with Gasteiger partial charge in [-0.3, -0.25) is 14.4 Å². The van der Waals surface area contributed by atoms with Crippen LogP contribution in [-0.2, 0) is 14.3 Å². The SMILES string of the molecule is C=C[C@]1(C)C[C@@H](OC(=O)CSc2nc(N)n(C(=O)c3c(F)cccc3Cl)n2)[C@]2(C)[C@H](C)CC[C@]3(CCC(=O)[C@H]32)[C@@H](C)[C@@H]1O. The number of nitrogen functional groups attached to an aromatic ring is 1. The summed E-state index contributed by atoms with van der Waals surface area (Å²) in [5.74, 6) is -2.95. The highest BCUT2D eigenvalue weighted by molar-refractivity contribution is 7.99. The minimum atomic E-state index is -0.891. The van der Waals surface area contributed by atoms with Crippen LogP contribution in [0.15, 0.2) is 36.0 Å². The average Bonchev–Trinajstić information content (AvgIpc) is 3.52. The maximum Gasteiger partial charge on any atom is 0.316 e. The van der Waals surface area contributed by atoms with Crippen molar-refractivity contribution < 1.29 is 28.6 Å². The summed E-state index contributed by atoms with van der Waals surface area (Å²) in [6, 6.07) is 3.85. The fourth-order valence-corrected chi connectivity index (χ4v) is 9.00. The topological polar surface area (TPSA) is 137 Å². The Bertz CT molecular complexity index is 1470. The lowest BCUT2D eigenvalue weighted by molar-refractivity contribution is -0.205. The monoisotopic (exact) mass is 632 g/mol. The third-order valence-corrected chi connectivity index (χ3v) is 12.0. The molecule has 0 radical (unpaired) electrons. The van der Waals surface area contributed by atoms with E-state index in [-0.39, 0.29) is 50.8 Å². The van der Waals surface area contributed by atoms with Crippen molar-refractivity contribution >= 4 is 47.0 Å². The number of anilines is 1. The molecule has 3 fully saturated rings. The number of esters is 1. The lowest BCUT2D eigenvalue weighted by atomic mass is 9.44. The number of ketones is 1. The Balaban J connectivity index is 1.39. The number of nitrogens with zero attached hydrogens (tertiary/aromatic N) is 3. The number of halogens is 2. The van der Waals surface area contributed by atoms with Crippen molar-refractivity contribution in [2.45, 2.75) is 77.2 Å². The highest BCUT2D eigenvalue weighted by atomic mass is 35.5. The van der Waals surface area contributed by atoms with E-state index in [1.165, 1.54) is 12.1 Å². The van der Waals surface area contributed by atoms with E-state index in [0.717, 1.165) is 35.4 Å². The van der Waals surface area contributed by atoms with Gasteiger partial charge in [-0.1, -0.05) is 63.2 Å². The Morgan fingerprint density at radius 1 is 1.33 bits per heavy atom. The number of hydrogen-bond acceptors (Lipinski definition) is 9. The molecule has 1 heterocycles. The van der Waals surface area contributed by atoms with E-state index in [9.17, 15) is 23.9 Å². The largest absolute Gasteiger partial charge is 0.461 e. The third kappa shape index (κ3) is 5.01. The summed E-state index contributed by atoms with van der Waals surface area (Å²) in [5, 5.41) is 15.7. The molecule has 0 aliphatic heterocycles. The first-order valence-corrected chi connectivity index (χ1v) is 15.9. The van der Waals surface area contributed by atoms with E-state index in [1.54, 1.807) is 6.08 Å². The highest BCUT2D eigenvalue weighted by Gasteiger charge is 2.68. The molecule has 43 heavy (non-hydrogen) atoms. The van der Waals surface area contributed by atoms with Gasteiger partial charge in [0.25, 0.3) is 5.91 Å². The number of aliphatic hydroxyl groups excluding tert-OH is 1. The summed E-state index contributed by atoms with van der Waals surface area (Å²) >= 11 is 6.94. The number of ether oxygens (including phenoxy) is 1. The Morgan fingerprint density at radius 2 is 2.05 bits per heavy atom. The molecule has 0 unspecified atom stereocenters. The van der Waals surface area contributed by atoms with Gasteiger partial charge in [-0.2, -0.15) is 9.67 Å². The molecule has 3 aliphatic carbocycles. The first-order chi connectivity index (χ1) is 20.2. The molecule has 9 nitrogen and oxygen atoms in total. The summed E-state index contributed by atoms with van der Waals surface area (Å²) in [6.45, 7) is 12.2. The van der Waals surface area contributed by atoms with Crippen LogP contribution in [0.4, 0.5) is 10.3 Å². The van der Waals surface area contributed by atoms with Crippen LogP contribution in [0.5, 0.6) is 0 Å². The van der Waals surface area contributed by atoms with Crippen molar-refractivity contribution in [1.29, 1.82) is 0 Å². The van der Waals surface area contributed by atoms with Gasteiger partial charge in [-0.05, 0) is 55.1 Å². The summed E-state index contributed by atoms with van der Waals surface area (Å²) in [7, 11) is 0. The molecule has 12 heteroatoms. The van der Waals surface area contributed by atoms with Crippen molar-refractivity contribution in [3.05, 3.63) is 47.3 Å². The van der Waals surface area contributed by atoms with E-state index in [0.29, 0.717) is 19.3 Å². The Labute approximate surface area is 259 Å². The first-order valence-electron chi connectivity index (χ1n) is 14.6. The van der Waals surface area contributed by atoms with E-state index < -0.39 is 46.3 Å². The predicted molar refractivity (Wildman–Crippen MR) is 161 cm³/mol. The molecule has 1 aromatic carbocycles. The number of carbonyl (C=O) groups is 3. The zero-order valence-corrected chi connectivity index (χ0v) is 26.4. The minimum absolute atomic E-state index is 0.0235. The van der Waals surface area contributed by atoms with Gasteiger partial charge in [-0.25, -0.2) is 4.39 Å². The zero-order valence-electron chi connectivity index (χ0n) is 24.8.